The lowest BCUT2D eigenvalue weighted by molar-refractivity contribution is -0.221. The minimum atomic E-state index is -2.38. The largest absolute Gasteiger partial charge is 0.497 e. The fourth-order valence-corrected chi connectivity index (χ4v) is 17.5. The van der Waals surface area contributed by atoms with Gasteiger partial charge in [-0.15, -0.1) is 0 Å². The van der Waals surface area contributed by atoms with Crippen LogP contribution in [-0.2, 0) is 4.79 Å². The van der Waals surface area contributed by atoms with Gasteiger partial charge in [0, 0.05) is 43.3 Å². The van der Waals surface area contributed by atoms with Crippen LogP contribution in [0.5, 0.6) is 11.6 Å². The Morgan fingerprint density at radius 3 is 2.41 bits per heavy atom. The molecule has 1 aliphatic heterocycles. The third-order valence-electron chi connectivity index (χ3n) is 19.9. The molecule has 4 saturated carbocycles. The van der Waals surface area contributed by atoms with Crippen LogP contribution in [0.15, 0.2) is 65.9 Å². The molecule has 1 saturated heterocycles. The molecule has 0 amide bonds. The summed E-state index contributed by atoms with van der Waals surface area (Å²) in [5.74, 6) is 4.42. The number of aromatic nitrogens is 1. The van der Waals surface area contributed by atoms with E-state index in [0.717, 1.165) is 49.8 Å². The van der Waals surface area contributed by atoms with Crippen molar-refractivity contribution in [1.29, 1.82) is 0 Å². The van der Waals surface area contributed by atoms with Gasteiger partial charge in [-0.1, -0.05) is 65.0 Å². The molecule has 9 nitrogen and oxygen atoms in total. The number of carbonyl (C=O) groups is 1. The first-order valence-corrected chi connectivity index (χ1v) is 26.3. The van der Waals surface area contributed by atoms with Gasteiger partial charge in [0.1, 0.15) is 17.8 Å². The molecule has 5 fully saturated rings. The van der Waals surface area contributed by atoms with Crippen molar-refractivity contribution in [2.45, 2.75) is 124 Å². The highest BCUT2D eigenvalue weighted by Crippen LogP contribution is 2.76. The van der Waals surface area contributed by atoms with E-state index >= 15 is 0 Å². The Morgan fingerprint density at radius 2 is 1.71 bits per heavy atom. The lowest BCUT2D eigenvalue weighted by Crippen LogP contribution is -2.68. The van der Waals surface area contributed by atoms with Gasteiger partial charge < -0.3 is 19.9 Å². The summed E-state index contributed by atoms with van der Waals surface area (Å²) >= 11 is 0. The fourth-order valence-electron chi connectivity index (χ4n) is 16.2. The average Bonchev–Trinajstić information content (AvgIpc) is 3.63. The molecule has 63 heavy (non-hydrogen) atoms. The molecule has 6 aliphatic carbocycles. The lowest BCUT2D eigenvalue weighted by atomic mass is 9.33. The second-order valence-corrected chi connectivity index (χ2v) is 25.3. The number of carboxylic acids is 1. The van der Waals surface area contributed by atoms with Crippen molar-refractivity contribution in [3.8, 4) is 11.6 Å². The van der Waals surface area contributed by atoms with Crippen LogP contribution < -0.4 is 14.8 Å². The number of hydrogen-bond donors (Lipinski definition) is 4. The summed E-state index contributed by atoms with van der Waals surface area (Å²) in [5.41, 5.74) is 4.00. The molecule has 1 aromatic carbocycles. The van der Waals surface area contributed by atoms with Crippen molar-refractivity contribution < 1.29 is 28.5 Å². The summed E-state index contributed by atoms with van der Waals surface area (Å²) in [6.45, 7) is 23.6. The first-order chi connectivity index (χ1) is 29.8. The summed E-state index contributed by atoms with van der Waals surface area (Å²) in [6, 6.07) is 7.72. The van der Waals surface area contributed by atoms with Gasteiger partial charge in [0.2, 0.25) is 5.88 Å². The van der Waals surface area contributed by atoms with Crippen LogP contribution in [0.2, 0.25) is 0 Å². The highest BCUT2D eigenvalue weighted by atomic mass is 32.3. The number of methoxy groups -OCH3 is 1. The zero-order chi connectivity index (χ0) is 44.8. The monoisotopic (exact) mass is 884 g/mol. The molecule has 1 unspecified atom stereocenters. The zero-order valence-corrected chi connectivity index (χ0v) is 40.3. The molecule has 10 atom stereocenters. The van der Waals surface area contributed by atoms with Crippen molar-refractivity contribution >= 4 is 27.3 Å². The molecule has 0 radical (unpaired) electrons. The predicted octanol–water partition coefficient (Wildman–Crippen LogP) is 11.4. The number of allylic oxidation sites excluding steroid dienone is 5. The number of rotatable bonds is 11. The molecule has 346 valence electrons. The van der Waals surface area contributed by atoms with Crippen molar-refractivity contribution in [3.05, 3.63) is 65.9 Å². The van der Waals surface area contributed by atoms with Crippen LogP contribution in [0.4, 0.5) is 0 Å². The molecule has 2 aromatic rings. The van der Waals surface area contributed by atoms with E-state index in [1.54, 1.807) is 13.3 Å². The van der Waals surface area contributed by atoms with E-state index in [4.69, 9.17) is 9.47 Å². The second-order valence-electron chi connectivity index (χ2n) is 22.9. The normalized spacial score (nSPS) is 40.0. The van der Waals surface area contributed by atoms with Gasteiger partial charge in [0.25, 0.3) is 0 Å². The van der Waals surface area contributed by atoms with E-state index in [9.17, 15) is 19.0 Å². The summed E-state index contributed by atoms with van der Waals surface area (Å²) in [5, 5.41) is 16.8. The molecule has 1 aromatic heterocycles. The number of aliphatic carboxylic acids is 1. The van der Waals surface area contributed by atoms with Gasteiger partial charge in [-0.3, -0.25) is 18.8 Å². The second kappa shape index (κ2) is 16.2. The van der Waals surface area contributed by atoms with Gasteiger partial charge in [-0.25, -0.2) is 4.98 Å². The first-order valence-electron chi connectivity index (χ1n) is 24.4. The van der Waals surface area contributed by atoms with E-state index in [2.05, 4.69) is 75.5 Å². The number of fused-ring (bicyclic) bond motifs is 8. The maximum absolute atomic E-state index is 13.1. The smallest absolute Gasteiger partial charge is 0.313 e. The number of nitrogens with one attached hydrogen (secondary N) is 1. The number of benzene rings is 1. The summed E-state index contributed by atoms with van der Waals surface area (Å²) in [4.78, 5) is 20.0. The van der Waals surface area contributed by atoms with Crippen LogP contribution >= 0.6 is 10.6 Å². The molecule has 4 N–H and O–H groups in total. The highest BCUT2D eigenvalue weighted by Gasteiger charge is 2.70. The minimum Gasteiger partial charge on any atom is -0.497 e. The number of ether oxygens (including phenoxy) is 2. The number of nitrogens with zero attached hydrogens (tertiary/aromatic N) is 2. The van der Waals surface area contributed by atoms with Gasteiger partial charge >= 0.3 is 5.97 Å². The summed E-state index contributed by atoms with van der Waals surface area (Å²) in [7, 11) is -0.744. The van der Waals surface area contributed by atoms with Crippen LogP contribution in [0.1, 0.15) is 119 Å². The van der Waals surface area contributed by atoms with Crippen LogP contribution in [-0.4, -0.2) is 87.0 Å². The molecule has 10 heteroatoms. The van der Waals surface area contributed by atoms with E-state index in [1.807, 2.05) is 24.3 Å². The minimum absolute atomic E-state index is 0.0166. The first kappa shape index (κ1) is 45.3. The predicted molar refractivity (Wildman–Crippen MR) is 256 cm³/mol. The molecule has 0 bridgehead atoms. The summed E-state index contributed by atoms with van der Waals surface area (Å²) in [6.07, 6.45) is 19.4. The Labute approximate surface area is 379 Å². The molecular formula is C53H77N3O6S. The standard InChI is InChI=1S/C53H77N3O6S/c1-35(2)39-15-23-53(55-27-28-56-29-31-63(59,60)32-30-56)25-24-50(6)42(45(39)53)11-12-44-49(5)19-16-41(48(3,4)43(49)17-20-51(44,50)7)37-13-21-52(22-14-37,47(57)58)34-62-46-40-33-38(61-8)10-9-36(40)18-26-54-46/h9-10,13,16,18,26,33,39,42-45,55,59-60H,1,11-12,14-15,17,19-25,27-32,34H2,2-8H3,(H,57,58)/t39-,42+,43-,44+,45+,49-,50+,51+,52?,53-/m0/s1. The number of hydrogen-bond acceptors (Lipinski definition) is 8. The Hall–Kier alpha value is -2.89. The van der Waals surface area contributed by atoms with Gasteiger partial charge in [-0.05, 0) is 170 Å². The average molecular weight is 884 g/mol. The van der Waals surface area contributed by atoms with Crippen molar-refractivity contribution in [1.82, 2.24) is 15.2 Å². The molecule has 2 heterocycles. The van der Waals surface area contributed by atoms with Crippen molar-refractivity contribution in [2.24, 2.45) is 56.7 Å². The van der Waals surface area contributed by atoms with E-state index < -0.39 is 22.0 Å². The molecule has 9 rings (SSSR count). The van der Waals surface area contributed by atoms with Gasteiger partial charge in [0.15, 0.2) is 0 Å². The molecule has 0 spiro atoms. The molecule has 7 aliphatic rings. The van der Waals surface area contributed by atoms with E-state index in [1.165, 1.54) is 68.1 Å². The van der Waals surface area contributed by atoms with Gasteiger partial charge in [-0.2, -0.15) is 10.6 Å². The number of pyridine rings is 1. The zero-order valence-electron chi connectivity index (χ0n) is 39.4. The Morgan fingerprint density at radius 1 is 0.937 bits per heavy atom. The fraction of sp³-hybridized carbons (Fsp3) is 0.698. The summed E-state index contributed by atoms with van der Waals surface area (Å²) < 4.78 is 32.2. The molecular weight excluding hydrogens is 807 g/mol. The van der Waals surface area contributed by atoms with Crippen LogP contribution in [0.25, 0.3) is 10.8 Å². The Kier molecular flexibility index (Phi) is 11.6. The quantitative estimate of drug-likeness (QED) is 0.163. The van der Waals surface area contributed by atoms with E-state index in [-0.39, 0.29) is 33.8 Å². The Bertz CT molecular complexity index is 2180. The van der Waals surface area contributed by atoms with Crippen molar-refractivity contribution in [3.63, 3.8) is 0 Å². The third-order valence-corrected chi connectivity index (χ3v) is 21.5. The Balaban J connectivity index is 0.925. The maximum atomic E-state index is 13.1. The number of carboxylic acid groups (broad SMARTS) is 1. The lowest BCUT2D eigenvalue weighted by Gasteiger charge is -2.72. The van der Waals surface area contributed by atoms with Crippen LogP contribution in [0.3, 0.4) is 0 Å². The topological polar surface area (TPSA) is 124 Å². The SMILES string of the molecule is C=C(C)[C@@H]1CC[C@]2(NCCN3CCS(O)(O)CC3)CC[C@]3(C)[C@H](CC[C@@H]4[C@@]5(C)CC=C(C6=CCC(COc7nccc8ccc(OC)cc78)(C(=O)O)CC6)C(C)(C)[C@@H]5CC[C@]43C)[C@@H]12. The van der Waals surface area contributed by atoms with Crippen molar-refractivity contribution in [2.75, 3.05) is 51.4 Å². The highest BCUT2D eigenvalue weighted by molar-refractivity contribution is 8.24. The van der Waals surface area contributed by atoms with Crippen LogP contribution in [0, 0.1) is 56.7 Å². The third kappa shape index (κ3) is 7.34. The maximum Gasteiger partial charge on any atom is 0.313 e. The van der Waals surface area contributed by atoms with E-state index in [0.29, 0.717) is 65.6 Å². The van der Waals surface area contributed by atoms with Gasteiger partial charge in [0.05, 0.1) is 18.6 Å².